The Kier molecular flexibility index (Phi) is 4.23. The molecule has 2 aromatic rings. The molecule has 0 heterocycles. The van der Waals surface area contributed by atoms with Crippen molar-refractivity contribution < 1.29 is 4.74 Å². The van der Waals surface area contributed by atoms with Crippen LogP contribution in [0, 0.1) is 0 Å². The summed E-state index contributed by atoms with van der Waals surface area (Å²) in [6.07, 6.45) is 2.21. The van der Waals surface area contributed by atoms with Crippen LogP contribution in [0.5, 0.6) is 5.75 Å². The Morgan fingerprint density at radius 2 is 1.95 bits per heavy atom. The van der Waals surface area contributed by atoms with Crippen LogP contribution >= 0.6 is 0 Å². The number of methoxy groups -OCH3 is 1. The van der Waals surface area contributed by atoms with E-state index in [-0.39, 0.29) is 0 Å². The lowest BCUT2D eigenvalue weighted by atomic mass is 9.99. The Labute approximate surface area is 115 Å². The molecule has 0 amide bonds. The van der Waals surface area contributed by atoms with E-state index in [2.05, 4.69) is 55.6 Å². The SMILES string of the molecule is CNC(C)/C(C)=C/c1c(OC)ccc2ccccc12. The maximum Gasteiger partial charge on any atom is 0.126 e. The Hall–Kier alpha value is -1.80. The van der Waals surface area contributed by atoms with Gasteiger partial charge in [0.1, 0.15) is 5.75 Å². The van der Waals surface area contributed by atoms with Gasteiger partial charge in [0.25, 0.3) is 0 Å². The Balaban J connectivity index is 2.62. The van der Waals surface area contributed by atoms with Crippen molar-refractivity contribution in [1.82, 2.24) is 5.32 Å². The zero-order valence-corrected chi connectivity index (χ0v) is 12.0. The third-order valence-electron chi connectivity index (χ3n) is 3.64. The van der Waals surface area contributed by atoms with Crippen LogP contribution in [0.3, 0.4) is 0 Å². The van der Waals surface area contributed by atoms with Crippen molar-refractivity contribution in [2.24, 2.45) is 0 Å². The summed E-state index contributed by atoms with van der Waals surface area (Å²) in [4.78, 5) is 0. The van der Waals surface area contributed by atoms with E-state index in [1.807, 2.05) is 13.1 Å². The van der Waals surface area contributed by atoms with Gasteiger partial charge in [0.2, 0.25) is 0 Å². The molecule has 1 unspecified atom stereocenters. The molecule has 2 nitrogen and oxygen atoms in total. The molecule has 0 spiro atoms. The first kappa shape index (κ1) is 13.6. The monoisotopic (exact) mass is 255 g/mol. The number of hydrogen-bond acceptors (Lipinski definition) is 2. The summed E-state index contributed by atoms with van der Waals surface area (Å²) in [6, 6.07) is 12.9. The minimum Gasteiger partial charge on any atom is -0.496 e. The molecule has 0 aliphatic rings. The van der Waals surface area contributed by atoms with Crippen molar-refractivity contribution >= 4 is 16.8 Å². The Morgan fingerprint density at radius 3 is 2.63 bits per heavy atom. The Bertz CT molecular complexity index is 601. The molecule has 0 aliphatic carbocycles. The standard InChI is InChI=1S/C17H21NO/c1-12(13(2)18-3)11-16-15-8-6-5-7-14(15)9-10-17(16)19-4/h5-11,13,18H,1-4H3/b12-11+. The van der Waals surface area contributed by atoms with Gasteiger partial charge in [-0.15, -0.1) is 0 Å². The number of fused-ring (bicyclic) bond motifs is 1. The van der Waals surface area contributed by atoms with Gasteiger partial charge in [-0.05, 0) is 37.7 Å². The van der Waals surface area contributed by atoms with Gasteiger partial charge in [-0.1, -0.05) is 42.0 Å². The van der Waals surface area contributed by atoms with E-state index >= 15 is 0 Å². The number of ether oxygens (including phenoxy) is 1. The van der Waals surface area contributed by atoms with Gasteiger partial charge >= 0.3 is 0 Å². The van der Waals surface area contributed by atoms with E-state index in [9.17, 15) is 0 Å². The van der Waals surface area contributed by atoms with E-state index < -0.39 is 0 Å². The van der Waals surface area contributed by atoms with Crippen molar-refractivity contribution in [1.29, 1.82) is 0 Å². The van der Waals surface area contributed by atoms with Gasteiger partial charge < -0.3 is 10.1 Å². The number of benzene rings is 2. The average Bonchev–Trinajstić information content (AvgIpc) is 2.46. The summed E-state index contributed by atoms with van der Waals surface area (Å²) < 4.78 is 5.50. The predicted molar refractivity (Wildman–Crippen MR) is 82.7 cm³/mol. The molecule has 0 saturated carbocycles. The fourth-order valence-corrected chi connectivity index (χ4v) is 2.18. The van der Waals surface area contributed by atoms with Crippen LogP contribution in [0.15, 0.2) is 42.0 Å². The third-order valence-corrected chi connectivity index (χ3v) is 3.64. The van der Waals surface area contributed by atoms with Crippen molar-refractivity contribution in [2.75, 3.05) is 14.2 Å². The lowest BCUT2D eigenvalue weighted by Crippen LogP contribution is -2.22. The molecule has 19 heavy (non-hydrogen) atoms. The van der Waals surface area contributed by atoms with E-state index in [0.29, 0.717) is 6.04 Å². The second kappa shape index (κ2) is 5.89. The molecule has 0 fully saturated rings. The molecular weight excluding hydrogens is 234 g/mol. The van der Waals surface area contributed by atoms with Gasteiger partial charge in [0.05, 0.1) is 7.11 Å². The minimum atomic E-state index is 0.351. The number of hydrogen-bond donors (Lipinski definition) is 1. The van der Waals surface area contributed by atoms with Crippen LogP contribution in [0.4, 0.5) is 0 Å². The summed E-state index contributed by atoms with van der Waals surface area (Å²) in [5.41, 5.74) is 2.44. The average molecular weight is 255 g/mol. The molecular formula is C17H21NO. The topological polar surface area (TPSA) is 21.3 Å². The highest BCUT2D eigenvalue weighted by Crippen LogP contribution is 2.30. The van der Waals surface area contributed by atoms with Crippen LogP contribution in [-0.2, 0) is 0 Å². The predicted octanol–water partition coefficient (Wildman–Crippen LogP) is 3.86. The van der Waals surface area contributed by atoms with Crippen molar-refractivity contribution in [3.8, 4) is 5.75 Å². The molecule has 100 valence electrons. The lowest BCUT2D eigenvalue weighted by Gasteiger charge is -2.14. The largest absolute Gasteiger partial charge is 0.496 e. The summed E-state index contributed by atoms with van der Waals surface area (Å²) in [7, 11) is 3.70. The van der Waals surface area contributed by atoms with Gasteiger partial charge in [0, 0.05) is 11.6 Å². The van der Waals surface area contributed by atoms with Crippen molar-refractivity contribution in [3.05, 3.63) is 47.5 Å². The maximum absolute atomic E-state index is 5.50. The molecule has 0 saturated heterocycles. The van der Waals surface area contributed by atoms with Gasteiger partial charge in [-0.3, -0.25) is 0 Å². The molecule has 0 radical (unpaired) electrons. The highest BCUT2D eigenvalue weighted by atomic mass is 16.5. The molecule has 0 bridgehead atoms. The summed E-state index contributed by atoms with van der Waals surface area (Å²) in [6.45, 7) is 4.30. The van der Waals surface area contributed by atoms with Crippen LogP contribution < -0.4 is 10.1 Å². The zero-order valence-electron chi connectivity index (χ0n) is 12.0. The Morgan fingerprint density at radius 1 is 1.21 bits per heavy atom. The van der Waals surface area contributed by atoms with E-state index in [0.717, 1.165) is 11.3 Å². The highest BCUT2D eigenvalue weighted by Gasteiger charge is 2.08. The molecule has 1 atom stereocenters. The van der Waals surface area contributed by atoms with Crippen LogP contribution in [0.2, 0.25) is 0 Å². The lowest BCUT2D eigenvalue weighted by molar-refractivity contribution is 0.414. The zero-order chi connectivity index (χ0) is 13.8. The van der Waals surface area contributed by atoms with Gasteiger partial charge in [0.15, 0.2) is 0 Å². The minimum absolute atomic E-state index is 0.351. The van der Waals surface area contributed by atoms with Crippen LogP contribution in [-0.4, -0.2) is 20.2 Å². The number of rotatable bonds is 4. The fraction of sp³-hybridized carbons (Fsp3) is 0.294. The number of likely N-dealkylation sites (N-methyl/N-ethyl adjacent to an activating group) is 1. The maximum atomic E-state index is 5.50. The van der Waals surface area contributed by atoms with E-state index in [4.69, 9.17) is 4.74 Å². The van der Waals surface area contributed by atoms with E-state index in [1.165, 1.54) is 16.3 Å². The molecule has 0 aromatic heterocycles. The first-order chi connectivity index (χ1) is 9.17. The third kappa shape index (κ3) is 2.79. The van der Waals surface area contributed by atoms with Gasteiger partial charge in [-0.2, -0.15) is 0 Å². The van der Waals surface area contributed by atoms with Crippen LogP contribution in [0.25, 0.3) is 16.8 Å². The fourth-order valence-electron chi connectivity index (χ4n) is 2.18. The first-order valence-electron chi connectivity index (χ1n) is 6.58. The second-order valence-corrected chi connectivity index (χ2v) is 4.80. The molecule has 1 N–H and O–H groups in total. The van der Waals surface area contributed by atoms with Gasteiger partial charge in [-0.25, -0.2) is 0 Å². The van der Waals surface area contributed by atoms with E-state index in [1.54, 1.807) is 7.11 Å². The van der Waals surface area contributed by atoms with Crippen LogP contribution in [0.1, 0.15) is 19.4 Å². The first-order valence-corrected chi connectivity index (χ1v) is 6.58. The summed E-state index contributed by atoms with van der Waals surface area (Å²) >= 11 is 0. The smallest absolute Gasteiger partial charge is 0.126 e. The van der Waals surface area contributed by atoms with Crippen molar-refractivity contribution in [2.45, 2.75) is 19.9 Å². The quantitative estimate of drug-likeness (QED) is 0.895. The summed E-state index contributed by atoms with van der Waals surface area (Å²) in [5.74, 6) is 0.918. The highest BCUT2D eigenvalue weighted by molar-refractivity contribution is 5.93. The molecule has 2 aromatic carbocycles. The second-order valence-electron chi connectivity index (χ2n) is 4.80. The normalized spacial score (nSPS) is 13.6. The van der Waals surface area contributed by atoms with Crippen molar-refractivity contribution in [3.63, 3.8) is 0 Å². The molecule has 0 aliphatic heterocycles. The molecule has 2 rings (SSSR count). The summed E-state index contributed by atoms with van der Waals surface area (Å²) in [5, 5.41) is 5.72. The molecule has 2 heteroatoms. The number of nitrogens with one attached hydrogen (secondary N) is 1.